The Hall–Kier alpha value is -1.29. The van der Waals surface area contributed by atoms with Gasteiger partial charge in [-0.15, -0.1) is 11.3 Å². The summed E-state index contributed by atoms with van der Waals surface area (Å²) in [5.41, 5.74) is 1.40. The van der Waals surface area contributed by atoms with Crippen LogP contribution in [0.15, 0.2) is 30.3 Å². The number of rotatable bonds is 1. The van der Waals surface area contributed by atoms with Crippen LogP contribution in [-0.4, -0.2) is 0 Å². The van der Waals surface area contributed by atoms with E-state index in [-0.39, 0.29) is 0 Å². The summed E-state index contributed by atoms with van der Waals surface area (Å²) >= 11 is 1.60. The summed E-state index contributed by atoms with van der Waals surface area (Å²) in [6, 6.07) is 7.29. The Morgan fingerprint density at radius 1 is 1.00 bits per heavy atom. The lowest BCUT2D eigenvalue weighted by molar-refractivity contribution is -0.137. The molecular weight excluding hydrogens is 245 g/mol. The highest BCUT2D eigenvalue weighted by atomic mass is 32.1. The van der Waals surface area contributed by atoms with Gasteiger partial charge in [-0.2, -0.15) is 13.2 Å². The van der Waals surface area contributed by atoms with Gasteiger partial charge in [0.2, 0.25) is 0 Å². The molecule has 0 aliphatic heterocycles. The lowest BCUT2D eigenvalue weighted by atomic mass is 10.1. The van der Waals surface area contributed by atoms with Gasteiger partial charge in [0.25, 0.3) is 0 Å². The van der Waals surface area contributed by atoms with Crippen LogP contribution in [0.3, 0.4) is 0 Å². The monoisotopic (exact) mass is 256 g/mol. The number of alkyl halides is 3. The number of thiophene rings is 1. The zero-order chi connectivity index (χ0) is 12.6. The molecule has 0 fully saturated rings. The van der Waals surface area contributed by atoms with Gasteiger partial charge in [0.1, 0.15) is 0 Å². The molecular formula is C13H11F3S. The fourth-order valence-corrected chi connectivity index (χ4v) is 2.58. The molecule has 0 saturated heterocycles. The largest absolute Gasteiger partial charge is 0.416 e. The average molecular weight is 256 g/mol. The van der Waals surface area contributed by atoms with E-state index in [1.165, 1.54) is 22.6 Å². The minimum absolute atomic E-state index is 0.605. The van der Waals surface area contributed by atoms with Crippen LogP contribution in [0.2, 0.25) is 0 Å². The van der Waals surface area contributed by atoms with E-state index in [0.717, 1.165) is 22.6 Å². The molecule has 0 bridgehead atoms. The van der Waals surface area contributed by atoms with Crippen LogP contribution in [0.5, 0.6) is 0 Å². The van der Waals surface area contributed by atoms with Crippen molar-refractivity contribution in [2.45, 2.75) is 20.0 Å². The highest BCUT2D eigenvalue weighted by Gasteiger charge is 2.29. The van der Waals surface area contributed by atoms with Crippen molar-refractivity contribution in [1.29, 1.82) is 0 Å². The smallest absolute Gasteiger partial charge is 0.166 e. The van der Waals surface area contributed by atoms with Crippen molar-refractivity contribution in [3.8, 4) is 10.4 Å². The van der Waals surface area contributed by atoms with Gasteiger partial charge in [-0.05, 0) is 43.2 Å². The average Bonchev–Trinajstić information content (AvgIpc) is 2.58. The van der Waals surface area contributed by atoms with Crippen molar-refractivity contribution in [1.82, 2.24) is 0 Å². The maximum atomic E-state index is 12.4. The van der Waals surface area contributed by atoms with Crippen LogP contribution >= 0.6 is 11.3 Å². The Morgan fingerprint density at radius 2 is 1.59 bits per heavy atom. The van der Waals surface area contributed by atoms with Crippen LogP contribution in [0.25, 0.3) is 10.4 Å². The van der Waals surface area contributed by atoms with Gasteiger partial charge in [0.05, 0.1) is 5.56 Å². The first kappa shape index (κ1) is 12.2. The van der Waals surface area contributed by atoms with Gasteiger partial charge < -0.3 is 0 Å². The quantitative estimate of drug-likeness (QED) is 0.669. The molecule has 2 aromatic rings. The molecule has 0 atom stereocenters. The van der Waals surface area contributed by atoms with E-state index in [0.29, 0.717) is 0 Å². The Bertz CT molecular complexity index is 501. The van der Waals surface area contributed by atoms with Crippen LogP contribution < -0.4 is 0 Å². The second-order valence-electron chi connectivity index (χ2n) is 3.92. The predicted molar refractivity (Wildman–Crippen MR) is 64.2 cm³/mol. The van der Waals surface area contributed by atoms with Gasteiger partial charge in [-0.25, -0.2) is 0 Å². The first-order valence-electron chi connectivity index (χ1n) is 5.12. The van der Waals surface area contributed by atoms with Crippen LogP contribution in [0, 0.1) is 13.8 Å². The minimum Gasteiger partial charge on any atom is -0.166 e. The van der Waals surface area contributed by atoms with Gasteiger partial charge in [-0.3, -0.25) is 0 Å². The van der Waals surface area contributed by atoms with Crippen LogP contribution in [-0.2, 0) is 6.18 Å². The number of hydrogen-bond acceptors (Lipinski definition) is 1. The summed E-state index contributed by atoms with van der Waals surface area (Å²) in [6.07, 6.45) is -4.26. The fourth-order valence-electron chi connectivity index (χ4n) is 1.54. The molecule has 2 rings (SSSR count). The third-order valence-electron chi connectivity index (χ3n) is 2.66. The zero-order valence-electron chi connectivity index (χ0n) is 9.43. The topological polar surface area (TPSA) is 0 Å². The summed E-state index contributed by atoms with van der Waals surface area (Å²) in [5.74, 6) is 0. The molecule has 0 amide bonds. The number of benzene rings is 1. The van der Waals surface area contributed by atoms with E-state index in [9.17, 15) is 13.2 Å². The number of halogens is 3. The van der Waals surface area contributed by atoms with E-state index in [1.807, 2.05) is 19.9 Å². The minimum atomic E-state index is -4.26. The molecule has 0 radical (unpaired) electrons. The maximum Gasteiger partial charge on any atom is 0.416 e. The van der Waals surface area contributed by atoms with Gasteiger partial charge in [0.15, 0.2) is 0 Å². The third-order valence-corrected chi connectivity index (χ3v) is 3.86. The lowest BCUT2D eigenvalue weighted by Gasteiger charge is -2.06. The summed E-state index contributed by atoms with van der Waals surface area (Å²) in [6.45, 7) is 4.01. The first-order chi connectivity index (χ1) is 7.88. The molecule has 0 spiro atoms. The normalized spacial score (nSPS) is 11.8. The van der Waals surface area contributed by atoms with Gasteiger partial charge in [-0.1, -0.05) is 12.1 Å². The molecule has 0 aliphatic carbocycles. The summed E-state index contributed by atoms with van der Waals surface area (Å²) in [7, 11) is 0. The molecule has 4 heteroatoms. The highest BCUT2D eigenvalue weighted by Crippen LogP contribution is 2.34. The lowest BCUT2D eigenvalue weighted by Crippen LogP contribution is -2.03. The first-order valence-corrected chi connectivity index (χ1v) is 5.94. The van der Waals surface area contributed by atoms with Gasteiger partial charge in [0, 0.05) is 9.75 Å². The van der Waals surface area contributed by atoms with Crippen LogP contribution in [0.1, 0.15) is 16.0 Å². The molecule has 17 heavy (non-hydrogen) atoms. The second-order valence-corrected chi connectivity index (χ2v) is 5.18. The van der Waals surface area contributed by atoms with Crippen molar-refractivity contribution >= 4 is 11.3 Å². The highest BCUT2D eigenvalue weighted by molar-refractivity contribution is 7.15. The molecule has 0 aliphatic rings. The van der Waals surface area contributed by atoms with Crippen molar-refractivity contribution in [3.63, 3.8) is 0 Å². The third kappa shape index (κ3) is 2.52. The van der Waals surface area contributed by atoms with E-state index >= 15 is 0 Å². The molecule has 0 unspecified atom stereocenters. The Kier molecular flexibility index (Phi) is 3.00. The molecule has 90 valence electrons. The number of aryl methyl sites for hydroxylation is 2. The van der Waals surface area contributed by atoms with E-state index in [4.69, 9.17) is 0 Å². The SMILES string of the molecule is Cc1cc(-c2ccc(C(F)(F)F)cc2)sc1C. The van der Waals surface area contributed by atoms with E-state index < -0.39 is 11.7 Å². The molecule has 0 nitrogen and oxygen atoms in total. The van der Waals surface area contributed by atoms with Crippen LogP contribution in [0.4, 0.5) is 13.2 Å². The van der Waals surface area contributed by atoms with Crippen molar-refractivity contribution < 1.29 is 13.2 Å². The zero-order valence-corrected chi connectivity index (χ0v) is 10.2. The number of hydrogen-bond donors (Lipinski definition) is 0. The van der Waals surface area contributed by atoms with E-state index in [1.54, 1.807) is 11.3 Å². The summed E-state index contributed by atoms with van der Waals surface area (Å²) < 4.78 is 37.2. The van der Waals surface area contributed by atoms with Crippen molar-refractivity contribution in [2.24, 2.45) is 0 Å². The Balaban J connectivity index is 2.36. The van der Waals surface area contributed by atoms with Crippen molar-refractivity contribution in [2.75, 3.05) is 0 Å². The fraction of sp³-hybridized carbons (Fsp3) is 0.231. The predicted octanol–water partition coefficient (Wildman–Crippen LogP) is 5.05. The summed E-state index contributed by atoms with van der Waals surface area (Å²) in [4.78, 5) is 2.20. The maximum absolute atomic E-state index is 12.4. The Morgan fingerprint density at radius 3 is 2.00 bits per heavy atom. The summed E-state index contributed by atoms with van der Waals surface area (Å²) in [5, 5.41) is 0. The van der Waals surface area contributed by atoms with E-state index in [2.05, 4.69) is 0 Å². The molecule has 0 saturated carbocycles. The molecule has 1 aromatic heterocycles. The standard InChI is InChI=1S/C13H11F3S/c1-8-7-12(17-9(8)2)10-3-5-11(6-4-10)13(14,15)16/h3-7H,1-2H3. The second kappa shape index (κ2) is 4.18. The molecule has 1 aromatic carbocycles. The molecule has 0 N–H and O–H groups in total. The molecule has 1 heterocycles. The Labute approximate surface area is 102 Å². The van der Waals surface area contributed by atoms with Crippen molar-refractivity contribution in [3.05, 3.63) is 46.3 Å². The van der Waals surface area contributed by atoms with Gasteiger partial charge >= 0.3 is 6.18 Å².